The molecule has 0 heterocycles. The fourth-order valence-corrected chi connectivity index (χ4v) is 1.31. The molecule has 0 unspecified atom stereocenters. The minimum atomic E-state index is -0.987. The summed E-state index contributed by atoms with van der Waals surface area (Å²) in [4.78, 5) is 0. The molecular weight excluding hydrogens is 201 g/mol. The Kier molecular flexibility index (Phi) is 2.46. The predicted octanol–water partition coefficient (Wildman–Crippen LogP) is 3.57. The summed E-state index contributed by atoms with van der Waals surface area (Å²) >= 11 is 0. The van der Waals surface area contributed by atoms with Gasteiger partial charge in [-0.2, -0.15) is 0 Å². The average Bonchev–Trinajstić information content (AvgIpc) is 2.22. The van der Waals surface area contributed by atoms with Crippen molar-refractivity contribution >= 4 is 0 Å². The van der Waals surface area contributed by atoms with Crippen LogP contribution < -0.4 is 0 Å². The van der Waals surface area contributed by atoms with E-state index in [1.54, 1.807) is 0 Å². The summed E-state index contributed by atoms with van der Waals surface area (Å²) in [5.74, 6) is -2.45. The lowest BCUT2D eigenvalue weighted by molar-refractivity contribution is 0.511. The average molecular weight is 207 g/mol. The molecule has 3 heteroatoms. The lowest BCUT2D eigenvalue weighted by Crippen LogP contribution is -1.89. The predicted molar refractivity (Wildman–Crippen MR) is 50.6 cm³/mol. The fraction of sp³-hybridized carbons (Fsp3) is 0. The molecule has 15 heavy (non-hydrogen) atoms. The van der Waals surface area contributed by atoms with Crippen molar-refractivity contribution in [2.45, 2.75) is 0 Å². The SMILES string of the molecule is Fc1cc[c]c(-c2cccc(F)c2F)c1. The Morgan fingerprint density at radius 3 is 2.53 bits per heavy atom. The van der Waals surface area contributed by atoms with Crippen LogP contribution in [-0.4, -0.2) is 0 Å². The first-order chi connectivity index (χ1) is 7.18. The van der Waals surface area contributed by atoms with Crippen LogP contribution in [0.15, 0.2) is 36.4 Å². The molecule has 0 atom stereocenters. The number of halogens is 3. The van der Waals surface area contributed by atoms with Crippen LogP contribution in [0.4, 0.5) is 13.2 Å². The molecule has 0 aromatic heterocycles. The van der Waals surface area contributed by atoms with Crippen LogP contribution in [0.5, 0.6) is 0 Å². The van der Waals surface area contributed by atoms with Gasteiger partial charge in [0, 0.05) is 5.56 Å². The van der Waals surface area contributed by atoms with E-state index in [2.05, 4.69) is 6.07 Å². The van der Waals surface area contributed by atoms with Gasteiger partial charge in [0.25, 0.3) is 0 Å². The van der Waals surface area contributed by atoms with Gasteiger partial charge < -0.3 is 0 Å². The molecule has 0 saturated carbocycles. The van der Waals surface area contributed by atoms with Crippen molar-refractivity contribution in [1.82, 2.24) is 0 Å². The monoisotopic (exact) mass is 207 g/mol. The highest BCUT2D eigenvalue weighted by molar-refractivity contribution is 5.63. The van der Waals surface area contributed by atoms with Crippen LogP contribution in [0.2, 0.25) is 0 Å². The van der Waals surface area contributed by atoms with Crippen molar-refractivity contribution in [3.8, 4) is 11.1 Å². The minimum Gasteiger partial charge on any atom is -0.207 e. The summed E-state index contributed by atoms with van der Waals surface area (Å²) in [5, 5.41) is 0. The number of benzene rings is 2. The maximum absolute atomic E-state index is 13.3. The molecule has 0 aliphatic rings. The Balaban J connectivity index is 2.59. The van der Waals surface area contributed by atoms with Crippen LogP contribution in [-0.2, 0) is 0 Å². The molecule has 0 N–H and O–H groups in total. The van der Waals surface area contributed by atoms with Crippen molar-refractivity contribution in [1.29, 1.82) is 0 Å². The van der Waals surface area contributed by atoms with Gasteiger partial charge >= 0.3 is 0 Å². The second-order valence-electron chi connectivity index (χ2n) is 3.02. The quantitative estimate of drug-likeness (QED) is 0.670. The van der Waals surface area contributed by atoms with Gasteiger partial charge in [0.05, 0.1) is 0 Å². The largest absolute Gasteiger partial charge is 0.207 e. The Hall–Kier alpha value is -1.77. The van der Waals surface area contributed by atoms with E-state index in [4.69, 9.17) is 0 Å². The molecular formula is C12H6F3. The molecule has 0 amide bonds. The Bertz CT molecular complexity index is 492. The number of hydrogen-bond acceptors (Lipinski definition) is 0. The molecule has 0 fully saturated rings. The van der Waals surface area contributed by atoms with E-state index in [0.717, 1.165) is 12.1 Å². The van der Waals surface area contributed by atoms with Gasteiger partial charge in [0.15, 0.2) is 11.6 Å². The Morgan fingerprint density at radius 2 is 1.80 bits per heavy atom. The van der Waals surface area contributed by atoms with Crippen molar-refractivity contribution < 1.29 is 13.2 Å². The molecule has 2 aromatic rings. The minimum absolute atomic E-state index is 0.00880. The standard InChI is InChI=1S/C12H6F3/c13-9-4-1-3-8(7-9)10-5-2-6-11(14)12(10)15/h1-2,4-7H. The van der Waals surface area contributed by atoms with E-state index in [1.807, 2.05) is 0 Å². The van der Waals surface area contributed by atoms with Gasteiger partial charge in [-0.05, 0) is 29.8 Å². The van der Waals surface area contributed by atoms with Crippen LogP contribution in [0.3, 0.4) is 0 Å². The van der Waals surface area contributed by atoms with Crippen LogP contribution in [0.25, 0.3) is 11.1 Å². The first-order valence-electron chi connectivity index (χ1n) is 4.30. The third-order valence-corrected chi connectivity index (χ3v) is 2.01. The molecule has 0 saturated heterocycles. The van der Waals surface area contributed by atoms with Gasteiger partial charge in [-0.1, -0.05) is 18.2 Å². The summed E-state index contributed by atoms with van der Waals surface area (Å²) in [5.41, 5.74) is 0.210. The summed E-state index contributed by atoms with van der Waals surface area (Å²) in [6.45, 7) is 0. The highest BCUT2D eigenvalue weighted by Crippen LogP contribution is 2.24. The highest BCUT2D eigenvalue weighted by atomic mass is 19.2. The van der Waals surface area contributed by atoms with Gasteiger partial charge in [0.2, 0.25) is 0 Å². The maximum Gasteiger partial charge on any atom is 0.166 e. The van der Waals surface area contributed by atoms with Gasteiger partial charge in [-0.3, -0.25) is 0 Å². The Labute approximate surface area is 85.0 Å². The zero-order chi connectivity index (χ0) is 10.8. The molecule has 0 aliphatic carbocycles. The van der Waals surface area contributed by atoms with Gasteiger partial charge in [-0.25, -0.2) is 13.2 Å². The molecule has 0 spiro atoms. The summed E-state index contributed by atoms with van der Waals surface area (Å²) in [7, 11) is 0. The Morgan fingerprint density at radius 1 is 1.00 bits per heavy atom. The molecule has 0 aliphatic heterocycles. The number of rotatable bonds is 1. The number of hydrogen-bond donors (Lipinski definition) is 0. The molecule has 1 radical (unpaired) electrons. The molecule has 0 bridgehead atoms. The molecule has 75 valence electrons. The second kappa shape index (κ2) is 3.77. The van der Waals surface area contributed by atoms with Crippen molar-refractivity contribution in [3.63, 3.8) is 0 Å². The van der Waals surface area contributed by atoms with Crippen molar-refractivity contribution in [2.75, 3.05) is 0 Å². The smallest absolute Gasteiger partial charge is 0.166 e. The second-order valence-corrected chi connectivity index (χ2v) is 3.02. The van der Waals surface area contributed by atoms with Crippen LogP contribution >= 0.6 is 0 Å². The van der Waals surface area contributed by atoms with E-state index < -0.39 is 17.5 Å². The molecule has 2 rings (SSSR count). The zero-order valence-corrected chi connectivity index (χ0v) is 7.60. The molecule has 0 nitrogen and oxygen atoms in total. The summed E-state index contributed by atoms with van der Waals surface area (Å²) in [6, 6.07) is 10.0. The van der Waals surface area contributed by atoms with Gasteiger partial charge in [-0.15, -0.1) is 0 Å². The highest BCUT2D eigenvalue weighted by Gasteiger charge is 2.09. The normalized spacial score (nSPS) is 10.3. The zero-order valence-electron chi connectivity index (χ0n) is 7.60. The van der Waals surface area contributed by atoms with E-state index in [9.17, 15) is 13.2 Å². The van der Waals surface area contributed by atoms with E-state index >= 15 is 0 Å². The van der Waals surface area contributed by atoms with E-state index in [0.29, 0.717) is 0 Å². The first-order valence-corrected chi connectivity index (χ1v) is 4.30. The lowest BCUT2D eigenvalue weighted by atomic mass is 10.1. The summed E-state index contributed by atoms with van der Waals surface area (Å²) < 4.78 is 39.0. The topological polar surface area (TPSA) is 0 Å². The third-order valence-electron chi connectivity index (χ3n) is 2.01. The third kappa shape index (κ3) is 1.86. The lowest BCUT2D eigenvalue weighted by Gasteiger charge is -2.03. The maximum atomic E-state index is 13.3. The van der Waals surface area contributed by atoms with Crippen LogP contribution in [0, 0.1) is 23.5 Å². The fourth-order valence-electron chi connectivity index (χ4n) is 1.31. The summed E-state index contributed by atoms with van der Waals surface area (Å²) in [6.07, 6.45) is 0. The van der Waals surface area contributed by atoms with E-state index in [1.165, 1.54) is 24.3 Å². The van der Waals surface area contributed by atoms with Crippen LogP contribution in [0.1, 0.15) is 0 Å². The van der Waals surface area contributed by atoms with Crippen molar-refractivity contribution in [2.24, 2.45) is 0 Å². The molecule has 2 aromatic carbocycles. The van der Waals surface area contributed by atoms with Crippen molar-refractivity contribution in [3.05, 3.63) is 59.9 Å². The van der Waals surface area contributed by atoms with E-state index in [-0.39, 0.29) is 11.1 Å². The first kappa shape index (κ1) is 9.77. The van der Waals surface area contributed by atoms with Gasteiger partial charge in [0.1, 0.15) is 5.82 Å².